The molecule has 0 unspecified atom stereocenters. The molecule has 8 nitrogen and oxygen atoms in total. The fourth-order valence-electron chi connectivity index (χ4n) is 5.69. The number of benzene rings is 2. The highest BCUT2D eigenvalue weighted by molar-refractivity contribution is 5.80. The van der Waals surface area contributed by atoms with E-state index in [1.165, 1.54) is 7.11 Å². The number of methoxy groups -OCH3 is 1. The van der Waals surface area contributed by atoms with Crippen LogP contribution in [0, 0.1) is 11.8 Å². The van der Waals surface area contributed by atoms with Crippen molar-refractivity contribution < 1.29 is 55.2 Å². The lowest BCUT2D eigenvalue weighted by molar-refractivity contribution is -0.286. The Bertz CT molecular complexity index is 1570. The number of halogens is 6. The molecule has 0 spiro atoms. The van der Waals surface area contributed by atoms with Gasteiger partial charge >= 0.3 is 24.3 Å². The molecule has 2 aliphatic rings. The fourth-order valence-corrected chi connectivity index (χ4v) is 5.69. The summed E-state index contributed by atoms with van der Waals surface area (Å²) in [5, 5.41) is 0. The Balaban J connectivity index is 1.19. The van der Waals surface area contributed by atoms with Crippen LogP contribution < -0.4 is 14.4 Å². The summed E-state index contributed by atoms with van der Waals surface area (Å²) in [4.78, 5) is 36.4. The zero-order valence-corrected chi connectivity index (χ0v) is 25.3. The molecule has 252 valence electrons. The van der Waals surface area contributed by atoms with E-state index in [-0.39, 0.29) is 24.2 Å². The Morgan fingerprint density at radius 2 is 1.66 bits per heavy atom. The maximum Gasteiger partial charge on any atom is 0.495 e. The number of rotatable bonds is 10. The zero-order valence-electron chi connectivity index (χ0n) is 25.3. The second-order valence-corrected chi connectivity index (χ2v) is 11.6. The minimum Gasteiger partial charge on any atom is -0.497 e. The van der Waals surface area contributed by atoms with Crippen LogP contribution in [0.1, 0.15) is 49.3 Å². The molecule has 2 aromatic carbocycles. The average Bonchev–Trinajstić information content (AvgIpc) is 3.90. The van der Waals surface area contributed by atoms with Crippen LogP contribution >= 0.6 is 0 Å². The summed E-state index contributed by atoms with van der Waals surface area (Å²) in [5.41, 5.74) is 1.59. The molecular weight excluding hydrogens is 634 g/mol. The number of nitrogens with zero attached hydrogens (tertiary/aromatic N) is 2. The number of carbonyl (C=O) groups excluding carboxylic acids is 2. The van der Waals surface area contributed by atoms with Gasteiger partial charge in [-0.3, -0.25) is 4.98 Å². The second-order valence-electron chi connectivity index (χ2n) is 11.6. The predicted molar refractivity (Wildman–Crippen MR) is 156 cm³/mol. The number of carbonyl (C=O) groups is 2. The minimum atomic E-state index is -5.28. The molecule has 0 N–H and O–H groups in total. The number of anilines is 1. The van der Waals surface area contributed by atoms with Gasteiger partial charge in [0.2, 0.25) is 0 Å². The Morgan fingerprint density at radius 1 is 0.915 bits per heavy atom. The lowest BCUT2D eigenvalue weighted by Gasteiger charge is -2.35. The van der Waals surface area contributed by atoms with Gasteiger partial charge in [-0.15, -0.1) is 0 Å². The van der Waals surface area contributed by atoms with Crippen molar-refractivity contribution >= 4 is 17.6 Å². The molecule has 1 aliphatic heterocycles. The topological polar surface area (TPSA) is 87.2 Å². The van der Waals surface area contributed by atoms with Crippen LogP contribution in [0.15, 0.2) is 60.8 Å². The molecule has 1 saturated carbocycles. The van der Waals surface area contributed by atoms with E-state index in [1.54, 1.807) is 42.5 Å². The number of ether oxygens (including phenoxy) is 2. The first-order valence-corrected chi connectivity index (χ1v) is 15.0. The molecule has 2 heterocycles. The van der Waals surface area contributed by atoms with E-state index in [0.717, 1.165) is 49.2 Å². The molecule has 3 aromatic rings. The maximum atomic E-state index is 13.4. The fraction of sp³-hybridized carbons (Fsp3) is 0.424. The van der Waals surface area contributed by atoms with Gasteiger partial charge in [0, 0.05) is 36.6 Å². The van der Waals surface area contributed by atoms with E-state index in [0.29, 0.717) is 42.3 Å². The van der Waals surface area contributed by atoms with Crippen LogP contribution in [-0.4, -0.2) is 49.9 Å². The average molecular weight is 667 g/mol. The predicted octanol–water partition coefficient (Wildman–Crippen LogP) is 7.52. The highest BCUT2D eigenvalue weighted by Crippen LogP contribution is 2.45. The van der Waals surface area contributed by atoms with Gasteiger partial charge in [-0.25, -0.2) is 19.4 Å². The normalized spacial score (nSPS) is 16.4. The van der Waals surface area contributed by atoms with E-state index in [9.17, 15) is 35.9 Å². The van der Waals surface area contributed by atoms with Gasteiger partial charge in [-0.2, -0.15) is 26.3 Å². The van der Waals surface area contributed by atoms with Crippen LogP contribution in [-0.2, 0) is 25.5 Å². The Hall–Kier alpha value is -4.49. The van der Waals surface area contributed by atoms with Crippen molar-refractivity contribution in [2.75, 3.05) is 31.7 Å². The molecule has 2 fully saturated rings. The first-order chi connectivity index (χ1) is 22.3. The molecule has 5 rings (SSSR count). The third-order valence-electron chi connectivity index (χ3n) is 8.31. The molecule has 1 aromatic heterocycles. The van der Waals surface area contributed by atoms with Crippen molar-refractivity contribution in [2.24, 2.45) is 11.8 Å². The number of pyridine rings is 1. The quantitative estimate of drug-likeness (QED) is 0.125. The summed E-state index contributed by atoms with van der Waals surface area (Å²) in [6.07, 6.45) is -5.77. The smallest absolute Gasteiger partial charge is 0.495 e. The molecule has 0 radical (unpaired) electrons. The SMILES string of the molecule is COc1ccc(-c2ccnc(C(F)(F)F)c2)c(N2CCC(COc3cccc([C@@H](CC(=O)OOC(=O)C(F)(F)F)C4CC4)c3)CC2)c1. The van der Waals surface area contributed by atoms with Gasteiger partial charge in [-0.05, 0) is 91.0 Å². The summed E-state index contributed by atoms with van der Waals surface area (Å²) in [7, 11) is 1.53. The van der Waals surface area contributed by atoms with E-state index in [2.05, 4.69) is 19.7 Å². The maximum absolute atomic E-state index is 13.4. The standard InChI is InChI=1S/C33H32F6N2O6/c1-44-24-7-8-26(23-9-12-40-29(16-23)32(34,35)36)28(17-24)41-13-10-20(11-14-41)19-45-25-4-2-3-22(15-25)27(21-5-6-21)18-30(42)46-47-31(43)33(37,38)39/h2-4,7-9,12,15-17,20-21,27H,5-6,10-11,13-14,18-19H2,1H3/t27-/m0/s1. The van der Waals surface area contributed by atoms with Crippen LogP contribution in [0.25, 0.3) is 11.1 Å². The minimum absolute atomic E-state index is 0.133. The number of alkyl halides is 6. The van der Waals surface area contributed by atoms with Crippen molar-refractivity contribution in [3.63, 3.8) is 0 Å². The van der Waals surface area contributed by atoms with E-state index < -0.39 is 30.0 Å². The first-order valence-electron chi connectivity index (χ1n) is 15.0. The van der Waals surface area contributed by atoms with Gasteiger partial charge in [-0.1, -0.05) is 12.1 Å². The lowest BCUT2D eigenvalue weighted by atomic mass is 9.91. The van der Waals surface area contributed by atoms with Gasteiger partial charge in [0.05, 0.1) is 20.1 Å². The third-order valence-corrected chi connectivity index (χ3v) is 8.31. The molecule has 1 saturated heterocycles. The zero-order chi connectivity index (χ0) is 33.8. The summed E-state index contributed by atoms with van der Waals surface area (Å²) in [6.45, 7) is 1.68. The largest absolute Gasteiger partial charge is 0.497 e. The van der Waals surface area contributed by atoms with Crippen LogP contribution in [0.5, 0.6) is 11.5 Å². The Morgan fingerprint density at radius 3 is 2.32 bits per heavy atom. The second kappa shape index (κ2) is 14.1. The summed E-state index contributed by atoms with van der Waals surface area (Å²) in [6, 6.07) is 15.0. The lowest BCUT2D eigenvalue weighted by Crippen LogP contribution is -2.35. The van der Waals surface area contributed by atoms with Crippen molar-refractivity contribution in [3.8, 4) is 22.6 Å². The van der Waals surface area contributed by atoms with E-state index >= 15 is 0 Å². The first kappa shape index (κ1) is 33.9. The van der Waals surface area contributed by atoms with Crippen molar-refractivity contribution in [1.29, 1.82) is 0 Å². The number of hydrogen-bond acceptors (Lipinski definition) is 8. The van der Waals surface area contributed by atoms with Crippen LogP contribution in [0.2, 0.25) is 0 Å². The summed E-state index contributed by atoms with van der Waals surface area (Å²) in [5.74, 6) is -2.55. The van der Waals surface area contributed by atoms with Gasteiger partial charge in [0.1, 0.15) is 17.2 Å². The van der Waals surface area contributed by atoms with Crippen molar-refractivity contribution in [2.45, 2.75) is 50.4 Å². The number of piperidine rings is 1. The van der Waals surface area contributed by atoms with Gasteiger partial charge in [0.15, 0.2) is 0 Å². The van der Waals surface area contributed by atoms with Gasteiger partial charge < -0.3 is 14.4 Å². The highest BCUT2D eigenvalue weighted by atomic mass is 19.4. The van der Waals surface area contributed by atoms with Crippen LogP contribution in [0.3, 0.4) is 0 Å². The molecule has 1 atom stereocenters. The monoisotopic (exact) mass is 666 g/mol. The van der Waals surface area contributed by atoms with Gasteiger partial charge in [0.25, 0.3) is 0 Å². The number of hydrogen-bond donors (Lipinski definition) is 0. The number of aromatic nitrogens is 1. The highest BCUT2D eigenvalue weighted by Gasteiger charge is 2.43. The molecule has 14 heteroatoms. The van der Waals surface area contributed by atoms with Crippen molar-refractivity contribution in [1.82, 2.24) is 4.98 Å². The van der Waals surface area contributed by atoms with Crippen molar-refractivity contribution in [3.05, 3.63) is 72.1 Å². The Kier molecular flexibility index (Phi) is 10.2. The van der Waals surface area contributed by atoms with Crippen LogP contribution in [0.4, 0.5) is 32.0 Å². The summed E-state index contributed by atoms with van der Waals surface area (Å²) < 4.78 is 88.6. The Labute approximate surface area is 266 Å². The summed E-state index contributed by atoms with van der Waals surface area (Å²) >= 11 is 0. The molecule has 47 heavy (non-hydrogen) atoms. The molecule has 1 aliphatic carbocycles. The van der Waals surface area contributed by atoms with E-state index in [4.69, 9.17) is 9.47 Å². The molecule has 0 amide bonds. The third kappa shape index (κ3) is 8.86. The molecular formula is C33H32F6N2O6. The van der Waals surface area contributed by atoms with E-state index in [1.807, 2.05) is 6.07 Å². The molecule has 0 bridgehead atoms.